The van der Waals surface area contributed by atoms with Gasteiger partial charge in [0.05, 0.1) is 24.3 Å². The molecular formula is C23H23N5O4. The largest absolute Gasteiger partial charge is 0.495 e. The molecule has 9 nitrogen and oxygen atoms in total. The second-order valence-corrected chi connectivity index (χ2v) is 7.61. The normalized spacial score (nSPS) is 14.8. The molecule has 2 heterocycles. The number of benzene rings is 2. The van der Waals surface area contributed by atoms with Crippen molar-refractivity contribution in [2.75, 3.05) is 23.1 Å². The van der Waals surface area contributed by atoms with Gasteiger partial charge >= 0.3 is 0 Å². The van der Waals surface area contributed by atoms with E-state index in [0.29, 0.717) is 17.1 Å². The zero-order valence-corrected chi connectivity index (χ0v) is 17.9. The molecule has 1 atom stereocenters. The zero-order valence-electron chi connectivity index (χ0n) is 17.9. The number of amides is 2. The molecule has 2 amide bonds. The molecule has 164 valence electrons. The lowest BCUT2D eigenvalue weighted by Gasteiger charge is -2.24. The Labute approximate surface area is 184 Å². The van der Waals surface area contributed by atoms with Gasteiger partial charge in [-0.25, -0.2) is 0 Å². The van der Waals surface area contributed by atoms with Crippen LogP contribution in [0.1, 0.15) is 29.0 Å². The third-order valence-electron chi connectivity index (χ3n) is 5.28. The van der Waals surface area contributed by atoms with Crippen LogP contribution in [0.3, 0.4) is 0 Å². The molecule has 4 N–H and O–H groups in total. The molecule has 4 rings (SSSR count). The average Bonchev–Trinajstić information content (AvgIpc) is 2.75. The monoisotopic (exact) mass is 433 g/mol. The maximum atomic E-state index is 13.0. The fourth-order valence-electron chi connectivity index (χ4n) is 3.62. The minimum atomic E-state index is -0.963. The van der Waals surface area contributed by atoms with E-state index in [2.05, 4.69) is 25.9 Å². The van der Waals surface area contributed by atoms with Crippen molar-refractivity contribution in [3.63, 3.8) is 0 Å². The van der Waals surface area contributed by atoms with Crippen molar-refractivity contribution in [2.45, 2.75) is 26.2 Å². The summed E-state index contributed by atoms with van der Waals surface area (Å²) in [5, 5.41) is 8.43. The summed E-state index contributed by atoms with van der Waals surface area (Å²) in [4.78, 5) is 45.3. The summed E-state index contributed by atoms with van der Waals surface area (Å²) in [5.41, 5.74) is 2.71. The van der Waals surface area contributed by atoms with E-state index in [1.165, 1.54) is 7.11 Å². The molecule has 0 saturated heterocycles. The minimum Gasteiger partial charge on any atom is -0.495 e. The lowest BCUT2D eigenvalue weighted by atomic mass is 9.92. The van der Waals surface area contributed by atoms with Crippen molar-refractivity contribution in [3.8, 4) is 5.75 Å². The SMILES string of the molecule is COc1ccccc1Nc1nc2c(c(=O)[nH]1)C(C(=O)Nc1cc(C)ccc1C)CC(=O)N2. The number of hydrogen-bond acceptors (Lipinski definition) is 6. The Balaban J connectivity index is 1.66. The van der Waals surface area contributed by atoms with E-state index in [4.69, 9.17) is 4.74 Å². The Bertz CT molecular complexity index is 1270. The van der Waals surface area contributed by atoms with E-state index in [1.807, 2.05) is 38.1 Å². The third-order valence-corrected chi connectivity index (χ3v) is 5.28. The predicted octanol–water partition coefficient (Wildman–Crippen LogP) is 3.20. The van der Waals surface area contributed by atoms with E-state index in [9.17, 15) is 14.4 Å². The number of fused-ring (bicyclic) bond motifs is 1. The average molecular weight is 433 g/mol. The van der Waals surface area contributed by atoms with E-state index in [0.717, 1.165) is 11.1 Å². The van der Waals surface area contributed by atoms with Gasteiger partial charge in [0.2, 0.25) is 17.8 Å². The second kappa shape index (κ2) is 8.54. The highest BCUT2D eigenvalue weighted by molar-refractivity contribution is 6.04. The summed E-state index contributed by atoms with van der Waals surface area (Å²) in [7, 11) is 1.53. The number of carbonyl (C=O) groups is 2. The highest BCUT2D eigenvalue weighted by atomic mass is 16.5. The van der Waals surface area contributed by atoms with Crippen LogP contribution in [-0.4, -0.2) is 28.9 Å². The predicted molar refractivity (Wildman–Crippen MR) is 122 cm³/mol. The fraction of sp³-hybridized carbons (Fsp3) is 0.217. The number of nitrogens with zero attached hydrogens (tertiary/aromatic N) is 1. The van der Waals surface area contributed by atoms with Crippen LogP contribution in [0, 0.1) is 13.8 Å². The fourth-order valence-corrected chi connectivity index (χ4v) is 3.62. The minimum absolute atomic E-state index is 0.0588. The summed E-state index contributed by atoms with van der Waals surface area (Å²) in [6.07, 6.45) is -0.145. The second-order valence-electron chi connectivity index (χ2n) is 7.61. The van der Waals surface area contributed by atoms with Crippen LogP contribution in [0.5, 0.6) is 5.75 Å². The first-order valence-electron chi connectivity index (χ1n) is 10.1. The zero-order chi connectivity index (χ0) is 22.8. The van der Waals surface area contributed by atoms with Crippen molar-refractivity contribution < 1.29 is 14.3 Å². The highest BCUT2D eigenvalue weighted by Crippen LogP contribution is 2.31. The molecule has 0 radical (unpaired) electrons. The standard InChI is InChI=1S/C23H23N5O4/c1-12-8-9-13(2)16(10-12)24-21(30)14-11-18(29)26-20-19(14)22(31)28-23(27-20)25-15-6-4-5-7-17(15)32-3/h4-10,14H,11H2,1-3H3,(H,24,30)(H3,25,26,27,28,29,31). The quantitative estimate of drug-likeness (QED) is 0.490. The van der Waals surface area contributed by atoms with E-state index in [-0.39, 0.29) is 29.7 Å². The Morgan fingerprint density at radius 2 is 1.91 bits per heavy atom. The van der Waals surface area contributed by atoms with Gasteiger partial charge in [-0.15, -0.1) is 0 Å². The molecule has 0 fully saturated rings. The smallest absolute Gasteiger partial charge is 0.258 e. The maximum absolute atomic E-state index is 13.0. The Morgan fingerprint density at radius 3 is 2.69 bits per heavy atom. The molecule has 9 heteroatoms. The third kappa shape index (κ3) is 4.18. The number of H-pyrrole nitrogens is 1. The van der Waals surface area contributed by atoms with Gasteiger partial charge in [-0.3, -0.25) is 19.4 Å². The number of methoxy groups -OCH3 is 1. The summed E-state index contributed by atoms with van der Waals surface area (Å²) in [6, 6.07) is 12.8. The van der Waals surface area contributed by atoms with Crippen LogP contribution in [0.15, 0.2) is 47.3 Å². The molecule has 0 spiro atoms. The summed E-state index contributed by atoms with van der Waals surface area (Å²) in [5.74, 6) is -1.05. The number of para-hydroxylation sites is 2. The van der Waals surface area contributed by atoms with Gasteiger partial charge in [0.25, 0.3) is 5.56 Å². The number of aromatic amines is 1. The number of aromatic nitrogens is 2. The lowest BCUT2D eigenvalue weighted by Crippen LogP contribution is -2.36. The Morgan fingerprint density at radius 1 is 1.12 bits per heavy atom. The van der Waals surface area contributed by atoms with Gasteiger partial charge in [-0.1, -0.05) is 24.3 Å². The molecule has 32 heavy (non-hydrogen) atoms. The van der Waals surface area contributed by atoms with Crippen LogP contribution in [-0.2, 0) is 9.59 Å². The molecule has 0 bridgehead atoms. The maximum Gasteiger partial charge on any atom is 0.258 e. The highest BCUT2D eigenvalue weighted by Gasteiger charge is 2.35. The Kier molecular flexibility index (Phi) is 5.63. The van der Waals surface area contributed by atoms with Crippen molar-refractivity contribution in [1.82, 2.24) is 9.97 Å². The van der Waals surface area contributed by atoms with E-state index in [1.54, 1.807) is 18.2 Å². The molecule has 1 aromatic heterocycles. The van der Waals surface area contributed by atoms with Gasteiger partial charge in [0, 0.05) is 12.1 Å². The van der Waals surface area contributed by atoms with Crippen LogP contribution in [0.4, 0.5) is 23.1 Å². The molecule has 1 aliphatic heterocycles. The van der Waals surface area contributed by atoms with Crippen LogP contribution in [0.25, 0.3) is 0 Å². The van der Waals surface area contributed by atoms with Gasteiger partial charge in [0.15, 0.2) is 0 Å². The van der Waals surface area contributed by atoms with Crippen molar-refractivity contribution in [2.24, 2.45) is 0 Å². The summed E-state index contributed by atoms with van der Waals surface area (Å²) >= 11 is 0. The first kappa shape index (κ1) is 21.1. The summed E-state index contributed by atoms with van der Waals surface area (Å²) in [6.45, 7) is 3.80. The number of carbonyl (C=O) groups excluding carboxylic acids is 2. The van der Waals surface area contributed by atoms with Gasteiger partial charge in [0.1, 0.15) is 11.6 Å². The number of hydrogen-bond donors (Lipinski definition) is 4. The molecule has 0 aliphatic carbocycles. The van der Waals surface area contributed by atoms with Gasteiger partial charge < -0.3 is 20.7 Å². The number of rotatable bonds is 5. The first-order valence-corrected chi connectivity index (χ1v) is 10.1. The first-order chi connectivity index (χ1) is 15.4. The van der Waals surface area contributed by atoms with E-state index < -0.39 is 17.4 Å². The van der Waals surface area contributed by atoms with Crippen LogP contribution >= 0.6 is 0 Å². The molecule has 1 aliphatic rings. The topological polar surface area (TPSA) is 125 Å². The van der Waals surface area contributed by atoms with Crippen molar-refractivity contribution >= 4 is 35.0 Å². The summed E-state index contributed by atoms with van der Waals surface area (Å²) < 4.78 is 5.30. The number of anilines is 4. The Hall–Kier alpha value is -4.14. The molecule has 1 unspecified atom stereocenters. The van der Waals surface area contributed by atoms with Gasteiger partial charge in [-0.2, -0.15) is 4.98 Å². The van der Waals surface area contributed by atoms with Gasteiger partial charge in [-0.05, 0) is 43.2 Å². The molecular weight excluding hydrogens is 410 g/mol. The number of nitrogens with one attached hydrogen (secondary N) is 4. The van der Waals surface area contributed by atoms with Crippen LogP contribution < -0.4 is 26.2 Å². The number of ether oxygens (including phenoxy) is 1. The van der Waals surface area contributed by atoms with Crippen molar-refractivity contribution in [3.05, 3.63) is 69.5 Å². The van der Waals surface area contributed by atoms with Crippen LogP contribution in [0.2, 0.25) is 0 Å². The molecule has 0 saturated carbocycles. The van der Waals surface area contributed by atoms with Crippen molar-refractivity contribution in [1.29, 1.82) is 0 Å². The molecule has 2 aromatic carbocycles. The van der Waals surface area contributed by atoms with E-state index >= 15 is 0 Å². The molecule has 3 aromatic rings. The lowest BCUT2D eigenvalue weighted by molar-refractivity contribution is -0.123. The number of aryl methyl sites for hydroxylation is 2.